The van der Waals surface area contributed by atoms with Crippen LogP contribution in [0.2, 0.25) is 0 Å². The molecule has 2 rings (SSSR count). The highest BCUT2D eigenvalue weighted by atomic mass is 32.2. The van der Waals surface area contributed by atoms with Crippen LogP contribution in [0.3, 0.4) is 0 Å². The zero-order valence-electron chi connectivity index (χ0n) is 14.4. The molecule has 1 heterocycles. The largest absolute Gasteiger partial charge is 0.385 e. The predicted molar refractivity (Wildman–Crippen MR) is 105 cm³/mol. The van der Waals surface area contributed by atoms with Gasteiger partial charge in [0.1, 0.15) is 0 Å². The summed E-state index contributed by atoms with van der Waals surface area (Å²) < 4.78 is 31.4. The summed E-state index contributed by atoms with van der Waals surface area (Å²) in [5, 5.41) is 5.13. The van der Waals surface area contributed by atoms with E-state index in [1.807, 2.05) is 35.2 Å². The first kappa shape index (κ1) is 19.8. The third-order valence-electron chi connectivity index (χ3n) is 3.92. The van der Waals surface area contributed by atoms with Crippen LogP contribution in [-0.4, -0.2) is 69.2 Å². The van der Waals surface area contributed by atoms with Crippen LogP contribution in [0.4, 0.5) is 0 Å². The summed E-state index contributed by atoms with van der Waals surface area (Å²) in [6, 6.07) is 9.41. The topological polar surface area (TPSA) is 61.9 Å². The average molecular weight is 384 g/mol. The molecule has 1 aliphatic heterocycles. The third-order valence-corrected chi connectivity index (χ3v) is 5.89. The molecule has 0 amide bonds. The van der Waals surface area contributed by atoms with Gasteiger partial charge in [-0.15, -0.1) is 0 Å². The van der Waals surface area contributed by atoms with Crippen LogP contribution in [0.25, 0.3) is 6.08 Å². The second-order valence-electron chi connectivity index (χ2n) is 5.72. The van der Waals surface area contributed by atoms with Crippen LogP contribution in [0, 0.1) is 0 Å². The van der Waals surface area contributed by atoms with E-state index in [1.165, 1.54) is 9.71 Å². The second-order valence-corrected chi connectivity index (χ2v) is 7.93. The number of methoxy groups -OCH3 is 1. The number of piperazine rings is 1. The van der Waals surface area contributed by atoms with E-state index in [1.54, 1.807) is 13.2 Å². The Bertz CT molecular complexity index is 670. The van der Waals surface area contributed by atoms with Gasteiger partial charge in [-0.2, -0.15) is 4.31 Å². The monoisotopic (exact) mass is 383 g/mol. The Morgan fingerprint density at radius 1 is 1.24 bits per heavy atom. The quantitative estimate of drug-likeness (QED) is 0.569. The minimum atomic E-state index is -3.41. The summed E-state index contributed by atoms with van der Waals surface area (Å²) in [6.07, 6.45) is 2.51. The fraction of sp³-hybridized carbons (Fsp3) is 0.471. The Morgan fingerprint density at radius 2 is 1.92 bits per heavy atom. The maximum Gasteiger partial charge on any atom is 0.236 e. The molecule has 0 saturated carbocycles. The summed E-state index contributed by atoms with van der Waals surface area (Å²) in [4.78, 5) is 2.01. The number of rotatable bonds is 7. The van der Waals surface area contributed by atoms with Gasteiger partial charge in [0.05, 0.1) is 0 Å². The van der Waals surface area contributed by atoms with E-state index in [4.69, 9.17) is 17.0 Å². The number of sulfonamides is 1. The van der Waals surface area contributed by atoms with E-state index in [0.717, 1.165) is 18.5 Å². The molecule has 0 unspecified atom stereocenters. The Hall–Kier alpha value is -1.48. The molecular weight excluding hydrogens is 358 g/mol. The maximum atomic E-state index is 12.4. The van der Waals surface area contributed by atoms with E-state index in [9.17, 15) is 8.42 Å². The standard InChI is InChI=1S/C17H25N3O3S2/c1-23-14-5-9-18-17(24)19-10-12-20(13-11-19)25(21,22)15-8-16-6-3-2-4-7-16/h2-4,6-8,15H,5,9-14H2,1H3,(H,18,24)/b15-8+. The van der Waals surface area contributed by atoms with Crippen molar-refractivity contribution in [2.24, 2.45) is 0 Å². The molecule has 1 fully saturated rings. The fourth-order valence-electron chi connectivity index (χ4n) is 2.48. The highest BCUT2D eigenvalue weighted by Crippen LogP contribution is 2.11. The number of nitrogens with zero attached hydrogens (tertiary/aromatic N) is 2. The fourth-order valence-corrected chi connectivity index (χ4v) is 3.94. The third kappa shape index (κ3) is 6.39. The Labute approximate surface area is 155 Å². The Balaban J connectivity index is 1.82. The minimum Gasteiger partial charge on any atom is -0.385 e. The van der Waals surface area contributed by atoms with Crippen molar-refractivity contribution in [1.82, 2.24) is 14.5 Å². The minimum absolute atomic E-state index is 0.432. The average Bonchev–Trinajstić information content (AvgIpc) is 2.64. The van der Waals surface area contributed by atoms with Gasteiger partial charge < -0.3 is 15.0 Å². The van der Waals surface area contributed by atoms with Crippen molar-refractivity contribution < 1.29 is 13.2 Å². The van der Waals surface area contributed by atoms with E-state index in [2.05, 4.69) is 5.32 Å². The molecule has 1 aromatic rings. The van der Waals surface area contributed by atoms with E-state index in [-0.39, 0.29) is 0 Å². The van der Waals surface area contributed by atoms with Crippen LogP contribution >= 0.6 is 12.2 Å². The van der Waals surface area contributed by atoms with Crippen molar-refractivity contribution >= 4 is 33.4 Å². The first-order valence-corrected chi connectivity index (χ1v) is 10.2. The molecule has 25 heavy (non-hydrogen) atoms. The molecule has 1 aliphatic rings. The van der Waals surface area contributed by atoms with Gasteiger partial charge in [-0.05, 0) is 30.3 Å². The molecule has 1 saturated heterocycles. The number of benzene rings is 1. The Morgan fingerprint density at radius 3 is 2.56 bits per heavy atom. The molecule has 0 spiro atoms. The van der Waals surface area contributed by atoms with Crippen molar-refractivity contribution in [3.8, 4) is 0 Å². The lowest BCUT2D eigenvalue weighted by atomic mass is 10.2. The number of ether oxygens (including phenoxy) is 1. The van der Waals surface area contributed by atoms with Crippen LogP contribution < -0.4 is 5.32 Å². The van der Waals surface area contributed by atoms with E-state index in [0.29, 0.717) is 37.9 Å². The van der Waals surface area contributed by atoms with Crippen molar-refractivity contribution in [2.45, 2.75) is 6.42 Å². The number of hydrogen-bond donors (Lipinski definition) is 1. The highest BCUT2D eigenvalue weighted by Gasteiger charge is 2.25. The summed E-state index contributed by atoms with van der Waals surface area (Å²) >= 11 is 5.36. The Kier molecular flexibility index (Phi) is 7.83. The molecule has 138 valence electrons. The van der Waals surface area contributed by atoms with Crippen molar-refractivity contribution in [2.75, 3.05) is 46.4 Å². The van der Waals surface area contributed by atoms with Gasteiger partial charge in [-0.25, -0.2) is 8.42 Å². The molecule has 0 aromatic heterocycles. The van der Waals surface area contributed by atoms with Gasteiger partial charge in [0.2, 0.25) is 10.0 Å². The van der Waals surface area contributed by atoms with Crippen LogP contribution in [-0.2, 0) is 14.8 Å². The van der Waals surface area contributed by atoms with Crippen molar-refractivity contribution in [3.63, 3.8) is 0 Å². The predicted octanol–water partition coefficient (Wildman–Crippen LogP) is 1.52. The van der Waals surface area contributed by atoms with Gasteiger partial charge in [-0.3, -0.25) is 0 Å². The molecular formula is C17H25N3O3S2. The maximum absolute atomic E-state index is 12.4. The van der Waals surface area contributed by atoms with Gasteiger partial charge in [0.25, 0.3) is 0 Å². The summed E-state index contributed by atoms with van der Waals surface area (Å²) in [5.74, 6) is 0. The van der Waals surface area contributed by atoms with Crippen LogP contribution in [0.5, 0.6) is 0 Å². The lowest BCUT2D eigenvalue weighted by Crippen LogP contribution is -2.52. The summed E-state index contributed by atoms with van der Waals surface area (Å²) in [7, 11) is -1.74. The normalized spacial score (nSPS) is 16.3. The molecule has 0 aliphatic carbocycles. The van der Waals surface area contributed by atoms with E-state index < -0.39 is 10.0 Å². The molecule has 6 nitrogen and oxygen atoms in total. The number of thiocarbonyl (C=S) groups is 1. The van der Waals surface area contributed by atoms with Crippen LogP contribution in [0.15, 0.2) is 35.7 Å². The molecule has 0 bridgehead atoms. The smallest absolute Gasteiger partial charge is 0.236 e. The molecule has 0 atom stereocenters. The lowest BCUT2D eigenvalue weighted by molar-refractivity contribution is 0.195. The molecule has 8 heteroatoms. The lowest BCUT2D eigenvalue weighted by Gasteiger charge is -2.35. The van der Waals surface area contributed by atoms with Gasteiger partial charge in [0, 0.05) is 51.8 Å². The number of nitrogens with one attached hydrogen (secondary N) is 1. The zero-order valence-corrected chi connectivity index (χ0v) is 16.1. The second kappa shape index (κ2) is 9.86. The molecule has 1 aromatic carbocycles. The van der Waals surface area contributed by atoms with Crippen LogP contribution in [0.1, 0.15) is 12.0 Å². The number of hydrogen-bond acceptors (Lipinski definition) is 4. The van der Waals surface area contributed by atoms with Crippen molar-refractivity contribution in [1.29, 1.82) is 0 Å². The molecule has 0 radical (unpaired) electrons. The van der Waals surface area contributed by atoms with Gasteiger partial charge in [-0.1, -0.05) is 30.3 Å². The van der Waals surface area contributed by atoms with Gasteiger partial charge in [0.15, 0.2) is 5.11 Å². The summed E-state index contributed by atoms with van der Waals surface area (Å²) in [5.41, 5.74) is 0.867. The first-order valence-electron chi connectivity index (χ1n) is 8.28. The SMILES string of the molecule is COCCCNC(=S)N1CCN(S(=O)(=O)/C=C/c2ccccc2)CC1. The zero-order chi connectivity index (χ0) is 18.1. The van der Waals surface area contributed by atoms with Crippen molar-refractivity contribution in [3.05, 3.63) is 41.3 Å². The van der Waals surface area contributed by atoms with E-state index >= 15 is 0 Å². The molecule has 1 N–H and O–H groups in total. The summed E-state index contributed by atoms with van der Waals surface area (Å²) in [6.45, 7) is 3.49. The highest BCUT2D eigenvalue weighted by molar-refractivity contribution is 7.92. The van der Waals surface area contributed by atoms with Gasteiger partial charge >= 0.3 is 0 Å². The first-order chi connectivity index (χ1) is 12.0.